The van der Waals surface area contributed by atoms with Crippen LogP contribution in [0.4, 0.5) is 9.18 Å². The van der Waals surface area contributed by atoms with Crippen molar-refractivity contribution in [1.29, 1.82) is 0 Å². The predicted molar refractivity (Wildman–Crippen MR) is 134 cm³/mol. The quantitative estimate of drug-likeness (QED) is 0.568. The molecule has 1 aliphatic heterocycles. The van der Waals surface area contributed by atoms with Crippen LogP contribution in [0.15, 0.2) is 48.5 Å². The first-order valence-corrected chi connectivity index (χ1v) is 11.9. The lowest BCUT2D eigenvalue weighted by Crippen LogP contribution is -2.59. The van der Waals surface area contributed by atoms with Gasteiger partial charge in [-0.25, -0.2) is 9.18 Å². The maximum Gasteiger partial charge on any atom is 0.314 e. The van der Waals surface area contributed by atoms with Crippen molar-refractivity contribution in [2.45, 2.75) is 33.4 Å². The molecule has 9 nitrogen and oxygen atoms in total. The molecule has 1 aromatic heterocycles. The van der Waals surface area contributed by atoms with Crippen LogP contribution in [0.2, 0.25) is 0 Å². The van der Waals surface area contributed by atoms with E-state index >= 15 is 0 Å². The van der Waals surface area contributed by atoms with Crippen molar-refractivity contribution in [1.82, 2.24) is 24.9 Å². The minimum Gasteiger partial charge on any atom is -0.351 e. The first-order chi connectivity index (χ1) is 17.0. The third kappa shape index (κ3) is 5.32. The lowest BCUT2D eigenvalue weighted by molar-refractivity contribution is -0.137. The van der Waals surface area contributed by atoms with Crippen molar-refractivity contribution in [3.63, 3.8) is 0 Å². The molecule has 1 fully saturated rings. The van der Waals surface area contributed by atoms with Gasteiger partial charge in [-0.2, -0.15) is 5.10 Å². The number of carbonyl (C=O) groups is 3. The zero-order valence-corrected chi connectivity index (χ0v) is 20.7. The van der Waals surface area contributed by atoms with Gasteiger partial charge in [0.25, 0.3) is 5.91 Å². The summed E-state index contributed by atoms with van der Waals surface area (Å²) < 4.78 is 15.0. The fourth-order valence-corrected chi connectivity index (χ4v) is 4.36. The molecule has 1 aliphatic rings. The van der Waals surface area contributed by atoms with Gasteiger partial charge < -0.3 is 20.9 Å². The van der Waals surface area contributed by atoms with Crippen LogP contribution in [0, 0.1) is 11.2 Å². The van der Waals surface area contributed by atoms with E-state index in [2.05, 4.69) is 10.4 Å². The number of piperazine rings is 1. The Morgan fingerprint density at radius 2 is 1.61 bits per heavy atom. The summed E-state index contributed by atoms with van der Waals surface area (Å²) in [6.45, 7) is 7.43. The van der Waals surface area contributed by atoms with E-state index in [9.17, 15) is 18.8 Å². The molecule has 2 heterocycles. The van der Waals surface area contributed by atoms with Gasteiger partial charge in [0.15, 0.2) is 5.69 Å². The molecule has 36 heavy (non-hydrogen) atoms. The average Bonchev–Trinajstić information content (AvgIpc) is 3.21. The highest BCUT2D eigenvalue weighted by Gasteiger charge is 2.37. The highest BCUT2D eigenvalue weighted by Crippen LogP contribution is 2.24. The lowest BCUT2D eigenvalue weighted by atomic mass is 9.85. The summed E-state index contributed by atoms with van der Waals surface area (Å²) in [5.74, 6) is -0.985. The molecule has 0 radical (unpaired) electrons. The van der Waals surface area contributed by atoms with Crippen LogP contribution in [-0.4, -0.2) is 69.6 Å². The molecule has 1 saturated heterocycles. The lowest BCUT2D eigenvalue weighted by Gasteiger charge is -2.39. The number of nitrogens with one attached hydrogen (secondary N) is 1. The van der Waals surface area contributed by atoms with E-state index in [4.69, 9.17) is 5.73 Å². The molecule has 2 aromatic carbocycles. The Morgan fingerprint density at radius 1 is 1.00 bits per heavy atom. The van der Waals surface area contributed by atoms with Crippen LogP contribution >= 0.6 is 0 Å². The first kappa shape index (κ1) is 25.2. The molecule has 4 rings (SSSR count). The van der Waals surface area contributed by atoms with Gasteiger partial charge in [0.1, 0.15) is 11.9 Å². The SMILES string of the molecule is CC(C)(C)C(NC(=O)c1nn(Cc2ccc(F)cc2)c2ccccc12)C(=O)N1CCN(C(N)=O)CC1. The summed E-state index contributed by atoms with van der Waals surface area (Å²) in [5.41, 5.74) is 6.60. The molecule has 1 atom stereocenters. The summed E-state index contributed by atoms with van der Waals surface area (Å²) in [7, 11) is 0. The predicted octanol–water partition coefficient (Wildman–Crippen LogP) is 2.59. The maximum atomic E-state index is 13.5. The van der Waals surface area contributed by atoms with E-state index in [-0.39, 0.29) is 17.4 Å². The number of fused-ring (bicyclic) bond motifs is 1. The van der Waals surface area contributed by atoms with Crippen molar-refractivity contribution in [3.8, 4) is 0 Å². The second-order valence-corrected chi connectivity index (χ2v) is 10.1. The van der Waals surface area contributed by atoms with Crippen molar-refractivity contribution < 1.29 is 18.8 Å². The van der Waals surface area contributed by atoms with E-state index in [0.717, 1.165) is 11.1 Å². The highest BCUT2D eigenvalue weighted by atomic mass is 19.1. The fourth-order valence-electron chi connectivity index (χ4n) is 4.36. The van der Waals surface area contributed by atoms with Crippen LogP contribution in [-0.2, 0) is 11.3 Å². The Morgan fingerprint density at radius 3 is 2.22 bits per heavy atom. The van der Waals surface area contributed by atoms with Crippen LogP contribution in [0.3, 0.4) is 0 Å². The third-order valence-corrected chi connectivity index (χ3v) is 6.41. The Bertz CT molecular complexity index is 1270. The average molecular weight is 495 g/mol. The molecule has 0 spiro atoms. The first-order valence-electron chi connectivity index (χ1n) is 11.9. The van der Waals surface area contributed by atoms with Gasteiger partial charge >= 0.3 is 6.03 Å². The summed E-state index contributed by atoms with van der Waals surface area (Å²) in [4.78, 5) is 41.5. The Labute approximate surface area is 209 Å². The molecule has 0 aliphatic carbocycles. The molecular weight excluding hydrogens is 463 g/mol. The van der Waals surface area contributed by atoms with Crippen molar-refractivity contribution in [2.24, 2.45) is 11.1 Å². The number of primary amides is 1. The molecule has 4 amide bonds. The van der Waals surface area contributed by atoms with Crippen LogP contribution < -0.4 is 11.1 Å². The van der Waals surface area contributed by atoms with E-state index < -0.39 is 23.4 Å². The minimum atomic E-state index is -0.800. The standard InChI is InChI=1S/C26H31FN6O3/c1-26(2,3)22(24(35)31-12-14-32(15-13-31)25(28)36)29-23(34)21-19-6-4-5-7-20(19)33(30-21)16-17-8-10-18(27)11-9-17/h4-11,22H,12-16H2,1-3H3,(H2,28,36)(H,29,34). The van der Waals surface area contributed by atoms with Gasteiger partial charge in [0, 0.05) is 31.6 Å². The zero-order chi connectivity index (χ0) is 26.0. The Kier molecular flexibility index (Phi) is 6.96. The second kappa shape index (κ2) is 9.96. The number of amides is 4. The maximum absolute atomic E-state index is 13.5. The molecule has 190 valence electrons. The Hall–Kier alpha value is -3.95. The molecule has 0 bridgehead atoms. The molecule has 1 unspecified atom stereocenters. The van der Waals surface area contributed by atoms with Crippen molar-refractivity contribution >= 4 is 28.7 Å². The highest BCUT2D eigenvalue weighted by molar-refractivity contribution is 6.06. The third-order valence-electron chi connectivity index (χ3n) is 6.41. The smallest absolute Gasteiger partial charge is 0.314 e. The zero-order valence-electron chi connectivity index (χ0n) is 20.7. The fraction of sp³-hybridized carbons (Fsp3) is 0.385. The molecule has 3 N–H and O–H groups in total. The number of urea groups is 1. The van der Waals surface area contributed by atoms with Crippen molar-refractivity contribution in [2.75, 3.05) is 26.2 Å². The number of benzene rings is 2. The number of rotatable bonds is 5. The topological polar surface area (TPSA) is 114 Å². The number of carbonyl (C=O) groups excluding carboxylic acids is 3. The van der Waals surface area contributed by atoms with Gasteiger partial charge in [-0.1, -0.05) is 51.1 Å². The summed E-state index contributed by atoms with van der Waals surface area (Å²) >= 11 is 0. The number of aromatic nitrogens is 2. The monoisotopic (exact) mass is 494 g/mol. The number of nitrogens with two attached hydrogens (primary N) is 1. The van der Waals surface area contributed by atoms with Gasteiger partial charge in [-0.15, -0.1) is 0 Å². The molecule has 10 heteroatoms. The summed E-state index contributed by atoms with van der Waals surface area (Å²) in [6, 6.07) is 12.2. The van der Waals surface area contributed by atoms with Crippen LogP contribution in [0.5, 0.6) is 0 Å². The minimum absolute atomic E-state index is 0.213. The molecule has 0 saturated carbocycles. The Balaban J connectivity index is 1.57. The van der Waals surface area contributed by atoms with Gasteiger partial charge in [0.2, 0.25) is 5.91 Å². The number of hydrogen-bond donors (Lipinski definition) is 2. The summed E-state index contributed by atoms with van der Waals surface area (Å²) in [6.07, 6.45) is 0. The van der Waals surface area contributed by atoms with Gasteiger partial charge in [-0.3, -0.25) is 14.3 Å². The number of para-hydroxylation sites is 1. The van der Waals surface area contributed by atoms with Crippen molar-refractivity contribution in [3.05, 3.63) is 65.6 Å². The van der Waals surface area contributed by atoms with Gasteiger partial charge in [0.05, 0.1) is 12.1 Å². The second-order valence-electron chi connectivity index (χ2n) is 10.1. The number of halogens is 1. The van der Waals surface area contributed by atoms with Gasteiger partial charge in [-0.05, 0) is 29.2 Å². The largest absolute Gasteiger partial charge is 0.351 e. The normalized spacial score (nSPS) is 15.1. The van der Waals surface area contributed by atoms with E-state index in [1.807, 2.05) is 45.0 Å². The van der Waals surface area contributed by atoms with E-state index in [1.54, 1.807) is 21.7 Å². The molecular formula is C26H31FN6O3. The van der Waals surface area contributed by atoms with Crippen LogP contribution in [0.1, 0.15) is 36.8 Å². The number of hydrogen-bond acceptors (Lipinski definition) is 4. The van der Waals surface area contributed by atoms with Crippen LogP contribution in [0.25, 0.3) is 10.9 Å². The van der Waals surface area contributed by atoms with E-state index in [0.29, 0.717) is 38.1 Å². The van der Waals surface area contributed by atoms with E-state index in [1.165, 1.54) is 17.0 Å². The molecule has 3 aromatic rings. The summed E-state index contributed by atoms with van der Waals surface area (Å²) in [5, 5.41) is 8.15. The number of nitrogens with zero attached hydrogens (tertiary/aromatic N) is 4.